The van der Waals surface area contributed by atoms with Gasteiger partial charge in [0.1, 0.15) is 23.3 Å². The van der Waals surface area contributed by atoms with Crippen LogP contribution < -0.4 is 11.1 Å². The van der Waals surface area contributed by atoms with E-state index in [0.717, 1.165) is 0 Å². The number of nitrogens with one attached hydrogen (secondary N) is 2. The Morgan fingerprint density at radius 2 is 2.41 bits per heavy atom. The van der Waals surface area contributed by atoms with Crippen molar-refractivity contribution >= 4 is 11.7 Å². The van der Waals surface area contributed by atoms with Gasteiger partial charge in [0, 0.05) is 6.07 Å². The Morgan fingerprint density at radius 3 is 2.94 bits per heavy atom. The molecule has 1 amide bonds. The summed E-state index contributed by atoms with van der Waals surface area (Å²) in [6.07, 6.45) is 1.60. The van der Waals surface area contributed by atoms with Crippen molar-refractivity contribution in [2.75, 3.05) is 5.73 Å². The van der Waals surface area contributed by atoms with Crippen molar-refractivity contribution in [1.29, 1.82) is 0 Å². The van der Waals surface area contributed by atoms with Gasteiger partial charge in [-0.1, -0.05) is 0 Å². The molecule has 0 aromatic carbocycles. The summed E-state index contributed by atoms with van der Waals surface area (Å²) in [4.78, 5) is 15.8. The van der Waals surface area contributed by atoms with Crippen LogP contribution in [0.1, 0.15) is 35.1 Å². The van der Waals surface area contributed by atoms with Gasteiger partial charge in [-0.25, -0.2) is 4.98 Å². The molecule has 0 aliphatic carbocycles. The van der Waals surface area contributed by atoms with Gasteiger partial charge in [-0.3, -0.25) is 9.89 Å². The highest BCUT2D eigenvalue weighted by molar-refractivity contribution is 5.93. The number of rotatable bonds is 3. The van der Waals surface area contributed by atoms with Crippen molar-refractivity contribution in [2.45, 2.75) is 19.9 Å². The first-order valence-electron chi connectivity index (χ1n) is 5.10. The number of nitrogens with two attached hydrogens (primary N) is 1. The van der Waals surface area contributed by atoms with E-state index in [2.05, 4.69) is 20.5 Å². The largest absolute Gasteiger partial charge is 0.444 e. The third-order valence-corrected chi connectivity index (χ3v) is 2.20. The molecular formula is C10H13N5O2. The highest BCUT2D eigenvalue weighted by Crippen LogP contribution is 2.12. The van der Waals surface area contributed by atoms with Crippen molar-refractivity contribution in [3.05, 3.63) is 29.6 Å². The molecule has 0 fully saturated rings. The van der Waals surface area contributed by atoms with E-state index in [9.17, 15) is 4.79 Å². The van der Waals surface area contributed by atoms with E-state index in [1.165, 1.54) is 6.07 Å². The first kappa shape index (κ1) is 11.2. The number of anilines is 1. The quantitative estimate of drug-likeness (QED) is 0.728. The van der Waals surface area contributed by atoms with Crippen LogP contribution in [0, 0.1) is 6.92 Å². The molecule has 7 nitrogen and oxygen atoms in total. The Labute approximate surface area is 97.4 Å². The van der Waals surface area contributed by atoms with Crippen LogP contribution >= 0.6 is 0 Å². The standard InChI is InChI=1S/C10H13N5O2/c1-5-4-12-10(17-5)6(2)13-9(16)7-3-8(11)15-14-7/h3-4,6H,1-2H3,(H,13,16)(H3,11,14,15). The van der Waals surface area contributed by atoms with Gasteiger partial charge < -0.3 is 15.5 Å². The molecular weight excluding hydrogens is 222 g/mol. The highest BCUT2D eigenvalue weighted by Gasteiger charge is 2.16. The van der Waals surface area contributed by atoms with Crippen LogP contribution in [0.3, 0.4) is 0 Å². The third-order valence-electron chi connectivity index (χ3n) is 2.20. The van der Waals surface area contributed by atoms with E-state index >= 15 is 0 Å². The lowest BCUT2D eigenvalue weighted by atomic mass is 10.3. The number of carbonyl (C=O) groups is 1. The molecule has 4 N–H and O–H groups in total. The molecule has 90 valence electrons. The predicted molar refractivity (Wildman–Crippen MR) is 60.1 cm³/mol. The van der Waals surface area contributed by atoms with Crippen molar-refractivity contribution in [2.24, 2.45) is 0 Å². The number of aromatic nitrogens is 3. The summed E-state index contributed by atoms with van der Waals surface area (Å²) in [6.45, 7) is 3.57. The SMILES string of the molecule is Cc1cnc(C(C)NC(=O)c2cc(N)n[nH]2)o1. The van der Waals surface area contributed by atoms with Gasteiger partial charge in [-0.15, -0.1) is 0 Å². The van der Waals surface area contributed by atoms with Crippen molar-refractivity contribution in [1.82, 2.24) is 20.5 Å². The number of oxazole rings is 1. The number of nitrogen functional groups attached to an aromatic ring is 1. The van der Waals surface area contributed by atoms with E-state index < -0.39 is 0 Å². The molecule has 2 rings (SSSR count). The number of aromatic amines is 1. The van der Waals surface area contributed by atoms with Gasteiger partial charge in [0.25, 0.3) is 5.91 Å². The average molecular weight is 235 g/mol. The lowest BCUT2D eigenvalue weighted by Gasteiger charge is -2.08. The molecule has 2 heterocycles. The normalized spacial score (nSPS) is 12.4. The van der Waals surface area contributed by atoms with Gasteiger partial charge in [-0.2, -0.15) is 5.10 Å². The second kappa shape index (κ2) is 4.28. The number of carbonyl (C=O) groups excluding carboxylic acids is 1. The molecule has 0 aliphatic rings. The predicted octanol–water partition coefficient (Wildman–Crippen LogP) is 0.779. The number of amides is 1. The summed E-state index contributed by atoms with van der Waals surface area (Å²) in [5.74, 6) is 1.13. The minimum atomic E-state index is -0.319. The Bertz CT molecular complexity index is 530. The Balaban J connectivity index is 2.04. The van der Waals surface area contributed by atoms with Crippen LogP contribution in [0.4, 0.5) is 5.82 Å². The van der Waals surface area contributed by atoms with Crippen molar-refractivity contribution in [3.63, 3.8) is 0 Å². The van der Waals surface area contributed by atoms with Crippen LogP contribution in [0.5, 0.6) is 0 Å². The lowest BCUT2D eigenvalue weighted by Crippen LogP contribution is -2.27. The van der Waals surface area contributed by atoms with Gasteiger partial charge in [0.2, 0.25) is 5.89 Å². The molecule has 1 unspecified atom stereocenters. The van der Waals surface area contributed by atoms with E-state index in [1.54, 1.807) is 20.0 Å². The molecule has 0 bridgehead atoms. The molecule has 0 saturated carbocycles. The first-order chi connectivity index (χ1) is 8.06. The summed E-state index contributed by atoms with van der Waals surface area (Å²) >= 11 is 0. The first-order valence-corrected chi connectivity index (χ1v) is 5.10. The fraction of sp³-hybridized carbons (Fsp3) is 0.300. The van der Waals surface area contributed by atoms with Gasteiger partial charge in [0.15, 0.2) is 0 Å². The number of aryl methyl sites for hydroxylation is 1. The molecule has 17 heavy (non-hydrogen) atoms. The van der Waals surface area contributed by atoms with Gasteiger partial charge in [-0.05, 0) is 13.8 Å². The van der Waals surface area contributed by atoms with Crippen LogP contribution in [-0.4, -0.2) is 21.1 Å². The molecule has 0 spiro atoms. The minimum absolute atomic E-state index is 0.273. The van der Waals surface area contributed by atoms with E-state index in [-0.39, 0.29) is 17.8 Å². The summed E-state index contributed by atoms with van der Waals surface area (Å²) in [5.41, 5.74) is 5.71. The number of hydrogen-bond acceptors (Lipinski definition) is 5. The number of hydrogen-bond donors (Lipinski definition) is 3. The molecule has 2 aromatic heterocycles. The van der Waals surface area contributed by atoms with Crippen LogP contribution in [0.2, 0.25) is 0 Å². The second-order valence-corrected chi connectivity index (χ2v) is 3.71. The van der Waals surface area contributed by atoms with Crippen LogP contribution in [0.25, 0.3) is 0 Å². The Hall–Kier alpha value is -2.31. The number of H-pyrrole nitrogens is 1. The lowest BCUT2D eigenvalue weighted by molar-refractivity contribution is 0.0929. The molecule has 7 heteroatoms. The van der Waals surface area contributed by atoms with Gasteiger partial charge in [0.05, 0.1) is 6.20 Å². The maximum absolute atomic E-state index is 11.7. The molecule has 2 aromatic rings. The average Bonchev–Trinajstić information content (AvgIpc) is 2.87. The minimum Gasteiger partial charge on any atom is -0.444 e. The summed E-state index contributed by atoms with van der Waals surface area (Å²) in [5, 5.41) is 8.92. The highest BCUT2D eigenvalue weighted by atomic mass is 16.4. The third kappa shape index (κ3) is 2.44. The maximum Gasteiger partial charge on any atom is 0.270 e. The molecule has 0 saturated heterocycles. The van der Waals surface area contributed by atoms with Crippen molar-refractivity contribution in [3.8, 4) is 0 Å². The zero-order chi connectivity index (χ0) is 12.4. The molecule has 0 radical (unpaired) electrons. The Kier molecular flexibility index (Phi) is 2.82. The van der Waals surface area contributed by atoms with Crippen LogP contribution in [0.15, 0.2) is 16.7 Å². The fourth-order valence-corrected chi connectivity index (χ4v) is 1.36. The second-order valence-electron chi connectivity index (χ2n) is 3.71. The zero-order valence-corrected chi connectivity index (χ0v) is 9.52. The zero-order valence-electron chi connectivity index (χ0n) is 9.52. The summed E-state index contributed by atoms with van der Waals surface area (Å²) in [6, 6.07) is 1.14. The number of nitrogens with zero attached hydrogens (tertiary/aromatic N) is 2. The van der Waals surface area contributed by atoms with E-state index in [1.807, 2.05) is 0 Å². The van der Waals surface area contributed by atoms with Crippen molar-refractivity contribution < 1.29 is 9.21 Å². The topological polar surface area (TPSA) is 110 Å². The Morgan fingerprint density at radius 1 is 1.65 bits per heavy atom. The molecule has 0 aliphatic heterocycles. The van der Waals surface area contributed by atoms with E-state index in [0.29, 0.717) is 17.3 Å². The maximum atomic E-state index is 11.7. The summed E-state index contributed by atoms with van der Waals surface area (Å²) < 4.78 is 5.31. The smallest absolute Gasteiger partial charge is 0.270 e. The van der Waals surface area contributed by atoms with Crippen LogP contribution in [-0.2, 0) is 0 Å². The van der Waals surface area contributed by atoms with Gasteiger partial charge >= 0.3 is 0 Å². The van der Waals surface area contributed by atoms with E-state index in [4.69, 9.17) is 10.2 Å². The fourth-order valence-electron chi connectivity index (χ4n) is 1.36. The monoisotopic (exact) mass is 235 g/mol. The summed E-state index contributed by atoms with van der Waals surface area (Å²) in [7, 11) is 0. The molecule has 1 atom stereocenters.